The molecule has 4 rings (SSSR count). The number of rotatable bonds is 4. The maximum absolute atomic E-state index is 13.1. The van der Waals surface area contributed by atoms with Crippen molar-refractivity contribution in [2.75, 3.05) is 18.3 Å². The quantitative estimate of drug-likeness (QED) is 0.856. The molecule has 2 aromatic carbocycles. The summed E-state index contributed by atoms with van der Waals surface area (Å²) in [6.07, 6.45) is 1.33. The Hall–Kier alpha value is -2.53. The lowest BCUT2D eigenvalue weighted by Crippen LogP contribution is -2.39. The standard InChI is InChI=1S/C20H21NO4/c1-14-6-2-3-8-16(14)21(20(22)18-10-5-11-23-18)12-15-7-4-9-17-19(15)25-13-24-17/h2-4,6-9,18H,5,10-13H2,1H3/t18-/m0/s1. The van der Waals surface area contributed by atoms with Gasteiger partial charge in [0.15, 0.2) is 11.5 Å². The predicted octanol–water partition coefficient (Wildman–Crippen LogP) is 3.44. The second-order valence-corrected chi connectivity index (χ2v) is 6.36. The van der Waals surface area contributed by atoms with E-state index in [-0.39, 0.29) is 18.8 Å². The van der Waals surface area contributed by atoms with Gasteiger partial charge in [-0.25, -0.2) is 0 Å². The molecule has 2 aliphatic rings. The predicted molar refractivity (Wildman–Crippen MR) is 93.9 cm³/mol. The molecule has 2 heterocycles. The molecule has 0 N–H and O–H groups in total. The summed E-state index contributed by atoms with van der Waals surface area (Å²) < 4.78 is 16.7. The van der Waals surface area contributed by atoms with Crippen LogP contribution in [0.25, 0.3) is 0 Å². The van der Waals surface area contributed by atoms with E-state index >= 15 is 0 Å². The maximum Gasteiger partial charge on any atom is 0.256 e. The normalized spacial score (nSPS) is 18.4. The number of carbonyl (C=O) groups is 1. The SMILES string of the molecule is Cc1ccccc1N(Cc1cccc2c1OCO2)C(=O)[C@@H]1CCCO1. The molecule has 5 heteroatoms. The molecule has 0 aliphatic carbocycles. The lowest BCUT2D eigenvalue weighted by molar-refractivity contribution is -0.127. The number of carbonyl (C=O) groups excluding carboxylic acids is 1. The summed E-state index contributed by atoms with van der Waals surface area (Å²) in [5.41, 5.74) is 2.89. The van der Waals surface area contributed by atoms with E-state index in [0.717, 1.165) is 41.2 Å². The average molecular weight is 339 g/mol. The lowest BCUT2D eigenvalue weighted by atomic mass is 10.1. The van der Waals surface area contributed by atoms with Crippen molar-refractivity contribution in [3.05, 3.63) is 53.6 Å². The minimum Gasteiger partial charge on any atom is -0.454 e. The van der Waals surface area contributed by atoms with Crippen LogP contribution in [0, 0.1) is 6.92 Å². The molecule has 1 fully saturated rings. The largest absolute Gasteiger partial charge is 0.454 e. The minimum atomic E-state index is -0.367. The Morgan fingerprint density at radius 2 is 2.04 bits per heavy atom. The van der Waals surface area contributed by atoms with Crippen LogP contribution in [0.15, 0.2) is 42.5 Å². The van der Waals surface area contributed by atoms with Crippen LogP contribution in [0.4, 0.5) is 5.69 Å². The number of benzene rings is 2. The molecule has 0 unspecified atom stereocenters. The Kier molecular flexibility index (Phi) is 4.32. The first-order valence-corrected chi connectivity index (χ1v) is 8.60. The van der Waals surface area contributed by atoms with Crippen LogP contribution in [-0.4, -0.2) is 25.4 Å². The third kappa shape index (κ3) is 3.07. The number of hydrogen-bond acceptors (Lipinski definition) is 4. The molecule has 1 saturated heterocycles. The first-order chi connectivity index (χ1) is 12.2. The van der Waals surface area contributed by atoms with Gasteiger partial charge >= 0.3 is 0 Å². The van der Waals surface area contributed by atoms with Crippen LogP contribution in [0.5, 0.6) is 11.5 Å². The second-order valence-electron chi connectivity index (χ2n) is 6.36. The van der Waals surface area contributed by atoms with Crippen molar-refractivity contribution in [3.63, 3.8) is 0 Å². The summed E-state index contributed by atoms with van der Waals surface area (Å²) >= 11 is 0. The number of para-hydroxylation sites is 2. The number of anilines is 1. The van der Waals surface area contributed by atoms with Gasteiger partial charge in [-0.15, -0.1) is 0 Å². The first-order valence-electron chi connectivity index (χ1n) is 8.60. The second kappa shape index (κ2) is 6.76. The van der Waals surface area contributed by atoms with Gasteiger partial charge in [0.2, 0.25) is 6.79 Å². The number of aryl methyl sites for hydroxylation is 1. The molecule has 5 nitrogen and oxygen atoms in total. The average Bonchev–Trinajstić information content (AvgIpc) is 3.31. The highest BCUT2D eigenvalue weighted by Gasteiger charge is 2.31. The van der Waals surface area contributed by atoms with Gasteiger partial charge in [-0.05, 0) is 37.5 Å². The van der Waals surface area contributed by atoms with Gasteiger partial charge in [0.25, 0.3) is 5.91 Å². The van der Waals surface area contributed by atoms with Crippen LogP contribution in [0.1, 0.15) is 24.0 Å². The van der Waals surface area contributed by atoms with Gasteiger partial charge in [0.05, 0.1) is 6.54 Å². The number of fused-ring (bicyclic) bond motifs is 1. The monoisotopic (exact) mass is 339 g/mol. The zero-order valence-corrected chi connectivity index (χ0v) is 14.2. The van der Waals surface area contributed by atoms with Crippen molar-refractivity contribution >= 4 is 11.6 Å². The Morgan fingerprint density at radius 1 is 1.16 bits per heavy atom. The summed E-state index contributed by atoms with van der Waals surface area (Å²) in [7, 11) is 0. The molecule has 0 aromatic heterocycles. The molecule has 0 radical (unpaired) electrons. The number of ether oxygens (including phenoxy) is 3. The van der Waals surface area contributed by atoms with Crippen molar-refractivity contribution in [2.24, 2.45) is 0 Å². The van der Waals surface area contributed by atoms with E-state index < -0.39 is 0 Å². The number of amides is 1. The highest BCUT2D eigenvalue weighted by Crippen LogP contribution is 2.37. The maximum atomic E-state index is 13.1. The van der Waals surface area contributed by atoms with E-state index in [1.54, 1.807) is 0 Å². The topological polar surface area (TPSA) is 48.0 Å². The fourth-order valence-electron chi connectivity index (χ4n) is 3.38. The Morgan fingerprint density at radius 3 is 2.84 bits per heavy atom. The van der Waals surface area contributed by atoms with Crippen molar-refractivity contribution < 1.29 is 19.0 Å². The number of hydrogen-bond donors (Lipinski definition) is 0. The molecule has 2 aromatic rings. The Labute approximate surface area is 147 Å². The molecule has 0 saturated carbocycles. The molecule has 1 atom stereocenters. The van der Waals surface area contributed by atoms with E-state index in [2.05, 4.69) is 0 Å². The fraction of sp³-hybridized carbons (Fsp3) is 0.350. The zero-order chi connectivity index (χ0) is 17.2. The molecule has 0 spiro atoms. The van der Waals surface area contributed by atoms with Crippen LogP contribution in [0.3, 0.4) is 0 Å². The summed E-state index contributed by atoms with van der Waals surface area (Å²) in [6.45, 7) is 3.31. The van der Waals surface area contributed by atoms with E-state index in [1.165, 1.54) is 0 Å². The van der Waals surface area contributed by atoms with E-state index in [4.69, 9.17) is 14.2 Å². The minimum absolute atomic E-state index is 0.00307. The molecule has 2 aliphatic heterocycles. The Balaban J connectivity index is 1.69. The molecule has 130 valence electrons. The summed E-state index contributed by atoms with van der Waals surface area (Å²) in [5, 5.41) is 0. The van der Waals surface area contributed by atoms with Gasteiger partial charge in [0.1, 0.15) is 6.10 Å². The molecule has 25 heavy (non-hydrogen) atoms. The fourth-order valence-corrected chi connectivity index (χ4v) is 3.38. The van der Waals surface area contributed by atoms with E-state index in [1.807, 2.05) is 54.3 Å². The first kappa shape index (κ1) is 16.0. The molecular weight excluding hydrogens is 318 g/mol. The highest BCUT2D eigenvalue weighted by molar-refractivity contribution is 5.97. The molecular formula is C20H21NO4. The zero-order valence-electron chi connectivity index (χ0n) is 14.2. The summed E-state index contributed by atoms with van der Waals surface area (Å²) in [4.78, 5) is 14.9. The van der Waals surface area contributed by atoms with Crippen LogP contribution in [-0.2, 0) is 16.1 Å². The van der Waals surface area contributed by atoms with Crippen LogP contribution in [0.2, 0.25) is 0 Å². The summed E-state index contributed by atoms with van der Waals surface area (Å²) in [6, 6.07) is 13.7. The van der Waals surface area contributed by atoms with Crippen LogP contribution < -0.4 is 14.4 Å². The molecule has 1 amide bonds. The lowest BCUT2D eigenvalue weighted by Gasteiger charge is -2.27. The third-order valence-electron chi connectivity index (χ3n) is 4.68. The highest BCUT2D eigenvalue weighted by atomic mass is 16.7. The van der Waals surface area contributed by atoms with Crippen molar-refractivity contribution in [2.45, 2.75) is 32.4 Å². The smallest absolute Gasteiger partial charge is 0.256 e. The van der Waals surface area contributed by atoms with Gasteiger partial charge in [-0.3, -0.25) is 4.79 Å². The third-order valence-corrected chi connectivity index (χ3v) is 4.68. The van der Waals surface area contributed by atoms with Crippen molar-refractivity contribution in [1.82, 2.24) is 0 Å². The summed E-state index contributed by atoms with van der Waals surface area (Å²) in [5.74, 6) is 1.45. The van der Waals surface area contributed by atoms with E-state index in [0.29, 0.717) is 13.2 Å². The van der Waals surface area contributed by atoms with Crippen molar-refractivity contribution in [1.29, 1.82) is 0 Å². The number of nitrogens with zero attached hydrogens (tertiary/aromatic N) is 1. The van der Waals surface area contributed by atoms with Gasteiger partial charge in [-0.1, -0.05) is 30.3 Å². The van der Waals surface area contributed by atoms with Gasteiger partial charge < -0.3 is 19.1 Å². The Bertz CT molecular complexity index is 783. The van der Waals surface area contributed by atoms with Crippen LogP contribution >= 0.6 is 0 Å². The van der Waals surface area contributed by atoms with Gasteiger partial charge in [0, 0.05) is 17.9 Å². The molecule has 0 bridgehead atoms. The van der Waals surface area contributed by atoms with Gasteiger partial charge in [-0.2, -0.15) is 0 Å². The van der Waals surface area contributed by atoms with E-state index in [9.17, 15) is 4.79 Å². The van der Waals surface area contributed by atoms with Crippen molar-refractivity contribution in [3.8, 4) is 11.5 Å².